The van der Waals surface area contributed by atoms with Crippen molar-refractivity contribution < 1.29 is 19.9 Å². The van der Waals surface area contributed by atoms with Gasteiger partial charge < -0.3 is 20.3 Å². The molecule has 0 radical (unpaired) electrons. The van der Waals surface area contributed by atoms with Crippen LogP contribution in [0.15, 0.2) is 46.9 Å². The van der Waals surface area contributed by atoms with Crippen molar-refractivity contribution in [3.8, 4) is 5.75 Å². The van der Waals surface area contributed by atoms with Gasteiger partial charge in [-0.3, -0.25) is 10.1 Å². The molecule has 0 spiro atoms. The Morgan fingerprint density at radius 1 is 1.28 bits per heavy atom. The van der Waals surface area contributed by atoms with Gasteiger partial charge in [0, 0.05) is 18.7 Å². The van der Waals surface area contributed by atoms with Crippen molar-refractivity contribution >= 4 is 21.6 Å². The van der Waals surface area contributed by atoms with Crippen LogP contribution in [0.3, 0.4) is 0 Å². The number of non-ortho nitro benzene ring substituents is 1. The molecule has 0 fully saturated rings. The molecule has 0 aliphatic heterocycles. The minimum absolute atomic E-state index is 0.0486. The number of halogens is 1. The fourth-order valence-electron chi connectivity index (χ4n) is 2.37. The SMILES string of the molecule is COc1ccc(CNC(CO)C(O)c2ccc([N+](=O)[O-])cc2)cc1Br. The topological polar surface area (TPSA) is 105 Å². The number of nitrogens with one attached hydrogen (secondary N) is 1. The van der Waals surface area contributed by atoms with E-state index in [9.17, 15) is 20.3 Å². The third kappa shape index (κ3) is 4.99. The predicted octanol–water partition coefficient (Wildman–Crippen LogP) is 2.55. The Labute approximate surface area is 153 Å². The zero-order valence-electron chi connectivity index (χ0n) is 13.6. The predicted molar refractivity (Wildman–Crippen MR) is 96.5 cm³/mol. The summed E-state index contributed by atoms with van der Waals surface area (Å²) in [6.45, 7) is 0.146. The van der Waals surface area contributed by atoms with Gasteiger partial charge in [0.25, 0.3) is 5.69 Å². The van der Waals surface area contributed by atoms with E-state index in [1.807, 2.05) is 18.2 Å². The van der Waals surface area contributed by atoms with Crippen LogP contribution < -0.4 is 10.1 Å². The van der Waals surface area contributed by atoms with Crippen molar-refractivity contribution in [2.24, 2.45) is 0 Å². The third-order valence-electron chi connectivity index (χ3n) is 3.81. The fourth-order valence-corrected chi connectivity index (χ4v) is 2.96. The average molecular weight is 411 g/mol. The molecule has 0 heterocycles. The van der Waals surface area contributed by atoms with E-state index in [1.165, 1.54) is 24.3 Å². The molecule has 0 amide bonds. The summed E-state index contributed by atoms with van der Waals surface area (Å²) >= 11 is 3.41. The summed E-state index contributed by atoms with van der Waals surface area (Å²) in [6.07, 6.45) is -0.993. The largest absolute Gasteiger partial charge is 0.496 e. The molecule has 0 saturated heterocycles. The summed E-state index contributed by atoms with van der Waals surface area (Å²) in [4.78, 5) is 10.2. The van der Waals surface area contributed by atoms with E-state index in [2.05, 4.69) is 21.2 Å². The summed E-state index contributed by atoms with van der Waals surface area (Å²) in [5, 5.41) is 33.7. The summed E-state index contributed by atoms with van der Waals surface area (Å²) < 4.78 is 5.98. The molecule has 2 aromatic rings. The van der Waals surface area contributed by atoms with Crippen molar-refractivity contribution in [2.75, 3.05) is 13.7 Å². The van der Waals surface area contributed by atoms with E-state index < -0.39 is 17.1 Å². The molecule has 2 unspecified atom stereocenters. The van der Waals surface area contributed by atoms with Crippen molar-refractivity contribution in [2.45, 2.75) is 18.7 Å². The molecule has 0 bridgehead atoms. The van der Waals surface area contributed by atoms with Crippen molar-refractivity contribution in [3.05, 3.63) is 68.2 Å². The van der Waals surface area contributed by atoms with Gasteiger partial charge in [-0.1, -0.05) is 6.07 Å². The molecular weight excluding hydrogens is 392 g/mol. The Balaban J connectivity index is 2.03. The number of hydrogen-bond donors (Lipinski definition) is 3. The standard InChI is InChI=1S/C17H19BrN2O5/c1-25-16-7-2-11(8-14(16)18)9-19-15(10-21)17(22)12-3-5-13(6-4-12)20(23)24/h2-8,15,17,19,21-22H,9-10H2,1H3. The minimum atomic E-state index is -0.993. The van der Waals surface area contributed by atoms with E-state index in [0.717, 1.165) is 10.0 Å². The van der Waals surface area contributed by atoms with Crippen molar-refractivity contribution in [1.29, 1.82) is 0 Å². The van der Waals surface area contributed by atoms with Crippen LogP contribution in [0, 0.1) is 10.1 Å². The number of rotatable bonds is 8. The molecule has 3 N–H and O–H groups in total. The maximum absolute atomic E-state index is 10.7. The Morgan fingerprint density at radius 3 is 2.48 bits per heavy atom. The summed E-state index contributed by atoms with van der Waals surface area (Å²) in [6, 6.07) is 10.6. The lowest BCUT2D eigenvalue weighted by atomic mass is 10.0. The number of methoxy groups -OCH3 is 1. The molecule has 134 valence electrons. The van der Waals surface area contributed by atoms with Gasteiger partial charge in [0.2, 0.25) is 0 Å². The highest BCUT2D eigenvalue weighted by Gasteiger charge is 2.20. The molecule has 2 atom stereocenters. The van der Waals surface area contributed by atoms with Crippen LogP contribution in [0.2, 0.25) is 0 Å². The second-order valence-electron chi connectivity index (χ2n) is 5.43. The molecule has 0 aromatic heterocycles. The van der Waals surface area contributed by atoms with E-state index in [4.69, 9.17) is 4.74 Å². The molecular formula is C17H19BrN2O5. The van der Waals surface area contributed by atoms with Crippen LogP contribution in [0.1, 0.15) is 17.2 Å². The second kappa shape index (κ2) is 8.91. The van der Waals surface area contributed by atoms with Crippen LogP contribution in [0.5, 0.6) is 5.75 Å². The molecule has 0 saturated carbocycles. The van der Waals surface area contributed by atoms with Gasteiger partial charge in [0.05, 0.1) is 35.3 Å². The monoisotopic (exact) mass is 410 g/mol. The molecule has 0 aliphatic rings. The van der Waals surface area contributed by atoms with Gasteiger partial charge in [-0.15, -0.1) is 0 Å². The van der Waals surface area contributed by atoms with Gasteiger partial charge in [0.1, 0.15) is 5.75 Å². The van der Waals surface area contributed by atoms with E-state index >= 15 is 0 Å². The van der Waals surface area contributed by atoms with Crippen LogP contribution in [0.4, 0.5) is 5.69 Å². The highest BCUT2D eigenvalue weighted by atomic mass is 79.9. The first-order chi connectivity index (χ1) is 12.0. The van der Waals surface area contributed by atoms with Gasteiger partial charge in [-0.2, -0.15) is 0 Å². The number of hydrogen-bond acceptors (Lipinski definition) is 6. The summed E-state index contributed by atoms with van der Waals surface area (Å²) in [5.74, 6) is 0.716. The van der Waals surface area contributed by atoms with E-state index in [0.29, 0.717) is 17.9 Å². The second-order valence-corrected chi connectivity index (χ2v) is 6.29. The lowest BCUT2D eigenvalue weighted by Crippen LogP contribution is -2.37. The maximum Gasteiger partial charge on any atom is 0.269 e. The summed E-state index contributed by atoms with van der Waals surface area (Å²) in [5.41, 5.74) is 1.39. The molecule has 0 aliphatic carbocycles. The van der Waals surface area contributed by atoms with Crippen LogP contribution in [0.25, 0.3) is 0 Å². The minimum Gasteiger partial charge on any atom is -0.496 e. The number of aliphatic hydroxyl groups excluding tert-OH is 2. The average Bonchev–Trinajstić information content (AvgIpc) is 2.62. The van der Waals surface area contributed by atoms with Crippen molar-refractivity contribution in [1.82, 2.24) is 5.32 Å². The number of benzene rings is 2. The number of nitro benzene ring substituents is 1. The van der Waals surface area contributed by atoms with Crippen molar-refractivity contribution in [3.63, 3.8) is 0 Å². The normalized spacial score (nSPS) is 13.3. The zero-order chi connectivity index (χ0) is 18.4. The Bertz CT molecular complexity index is 723. The Hall–Kier alpha value is -2.00. The number of nitro groups is 1. The maximum atomic E-state index is 10.7. The van der Waals surface area contributed by atoms with E-state index in [1.54, 1.807) is 7.11 Å². The number of ether oxygens (including phenoxy) is 1. The molecule has 8 heteroatoms. The quantitative estimate of drug-likeness (QED) is 0.456. The number of aliphatic hydroxyl groups is 2. The molecule has 25 heavy (non-hydrogen) atoms. The van der Waals surface area contributed by atoms with Crippen LogP contribution >= 0.6 is 15.9 Å². The lowest BCUT2D eigenvalue weighted by Gasteiger charge is -2.23. The first kappa shape index (κ1) is 19.3. The zero-order valence-corrected chi connectivity index (χ0v) is 15.1. The van der Waals surface area contributed by atoms with Gasteiger partial charge >= 0.3 is 0 Å². The first-order valence-electron chi connectivity index (χ1n) is 7.55. The molecule has 7 nitrogen and oxygen atoms in total. The van der Waals surface area contributed by atoms with Crippen LogP contribution in [-0.2, 0) is 6.54 Å². The van der Waals surface area contributed by atoms with Gasteiger partial charge in [0.15, 0.2) is 0 Å². The fraction of sp³-hybridized carbons (Fsp3) is 0.294. The number of nitrogens with zero attached hydrogens (tertiary/aromatic N) is 1. The Kier molecular flexibility index (Phi) is 6.89. The van der Waals surface area contributed by atoms with E-state index in [-0.39, 0.29) is 12.3 Å². The smallest absolute Gasteiger partial charge is 0.269 e. The van der Waals surface area contributed by atoms with Gasteiger partial charge in [-0.25, -0.2) is 0 Å². The highest BCUT2D eigenvalue weighted by Crippen LogP contribution is 2.26. The molecule has 2 rings (SSSR count). The first-order valence-corrected chi connectivity index (χ1v) is 8.34. The lowest BCUT2D eigenvalue weighted by molar-refractivity contribution is -0.384. The highest BCUT2D eigenvalue weighted by molar-refractivity contribution is 9.10. The summed E-state index contributed by atoms with van der Waals surface area (Å²) in [7, 11) is 1.58. The Morgan fingerprint density at radius 2 is 1.96 bits per heavy atom. The van der Waals surface area contributed by atoms with Crippen LogP contribution in [-0.4, -0.2) is 34.9 Å². The molecule has 2 aromatic carbocycles. The third-order valence-corrected chi connectivity index (χ3v) is 4.43. The van der Waals surface area contributed by atoms with Gasteiger partial charge in [-0.05, 0) is 51.3 Å².